The summed E-state index contributed by atoms with van der Waals surface area (Å²) in [6.45, 7) is 4.11. The maximum Gasteiger partial charge on any atom is 0.159 e. The first-order valence-corrected chi connectivity index (χ1v) is 7.05. The molecule has 0 aliphatic heterocycles. The van der Waals surface area contributed by atoms with Crippen LogP contribution in [0.2, 0.25) is 0 Å². The summed E-state index contributed by atoms with van der Waals surface area (Å²) >= 11 is 1.63. The molecule has 0 radical (unpaired) electrons. The third-order valence-electron chi connectivity index (χ3n) is 3.28. The highest BCUT2D eigenvalue weighted by Gasteiger charge is 2.15. The lowest BCUT2D eigenvalue weighted by molar-refractivity contribution is 0.997. The zero-order chi connectivity index (χ0) is 13.7. The van der Waals surface area contributed by atoms with Crippen LogP contribution < -0.4 is 0 Å². The largest absolute Gasteiger partial charge is 0.289 e. The molecule has 0 aromatic carbocycles. The number of aryl methyl sites for hydroxylation is 2. The average Bonchev–Trinajstić information content (AvgIpc) is 3.04. The van der Waals surface area contributed by atoms with Crippen molar-refractivity contribution >= 4 is 31.8 Å². The summed E-state index contributed by atoms with van der Waals surface area (Å²) in [6, 6.07) is 2.09. The molecule has 4 heterocycles. The Morgan fingerprint density at radius 1 is 1.20 bits per heavy atom. The molecule has 0 bridgehead atoms. The van der Waals surface area contributed by atoms with Crippen LogP contribution >= 0.6 is 11.3 Å². The van der Waals surface area contributed by atoms with Gasteiger partial charge in [-0.1, -0.05) is 0 Å². The second kappa shape index (κ2) is 4.08. The molecule has 0 aliphatic rings. The van der Waals surface area contributed by atoms with Crippen LogP contribution in [-0.2, 0) is 0 Å². The van der Waals surface area contributed by atoms with Gasteiger partial charge in [0, 0.05) is 23.5 Å². The Labute approximate surface area is 119 Å². The summed E-state index contributed by atoms with van der Waals surface area (Å²) in [5.74, 6) is 0.854. The van der Waals surface area contributed by atoms with Gasteiger partial charge in [0.25, 0.3) is 0 Å². The standard InChI is InChI=1S/C14H11N5S/c1-8-5-9(2)18-14-10(8)11-12(20-14)13(17-6-16-11)19-4-3-15-7-19/h3-7H,1-2H3. The van der Waals surface area contributed by atoms with Crippen molar-refractivity contribution < 1.29 is 0 Å². The Balaban J connectivity index is 2.17. The van der Waals surface area contributed by atoms with Gasteiger partial charge in [0.2, 0.25) is 0 Å². The monoisotopic (exact) mass is 281 g/mol. The maximum atomic E-state index is 4.62. The van der Waals surface area contributed by atoms with Gasteiger partial charge >= 0.3 is 0 Å². The predicted molar refractivity (Wildman–Crippen MR) is 79.3 cm³/mol. The number of nitrogens with zero attached hydrogens (tertiary/aromatic N) is 5. The Kier molecular flexibility index (Phi) is 2.34. The van der Waals surface area contributed by atoms with Crippen LogP contribution in [0, 0.1) is 13.8 Å². The van der Waals surface area contributed by atoms with E-state index in [1.165, 1.54) is 5.56 Å². The lowest BCUT2D eigenvalue weighted by Crippen LogP contribution is -1.95. The minimum Gasteiger partial charge on any atom is -0.289 e. The van der Waals surface area contributed by atoms with Crippen LogP contribution in [0.25, 0.3) is 26.3 Å². The number of hydrogen-bond acceptors (Lipinski definition) is 5. The van der Waals surface area contributed by atoms with E-state index in [4.69, 9.17) is 0 Å². The molecule has 6 heteroatoms. The highest BCUT2D eigenvalue weighted by atomic mass is 32.1. The van der Waals surface area contributed by atoms with Gasteiger partial charge in [-0.3, -0.25) is 4.57 Å². The predicted octanol–water partition coefficient (Wildman–Crippen LogP) is 3.04. The molecule has 4 aromatic rings. The molecule has 5 nitrogen and oxygen atoms in total. The van der Waals surface area contributed by atoms with E-state index in [2.05, 4.69) is 32.9 Å². The molecule has 0 N–H and O–H groups in total. The van der Waals surface area contributed by atoms with Crippen LogP contribution in [0.5, 0.6) is 0 Å². The second-order valence-corrected chi connectivity index (χ2v) is 5.71. The van der Waals surface area contributed by atoms with E-state index in [0.29, 0.717) is 0 Å². The molecule has 0 amide bonds. The summed E-state index contributed by atoms with van der Waals surface area (Å²) in [6.07, 6.45) is 6.98. The first kappa shape index (κ1) is 11.5. The SMILES string of the molecule is Cc1cc(C)c2c(n1)sc1c(-n3ccnc3)ncnc12. The van der Waals surface area contributed by atoms with Gasteiger partial charge in [0.15, 0.2) is 5.82 Å². The zero-order valence-corrected chi connectivity index (χ0v) is 11.8. The topological polar surface area (TPSA) is 56.5 Å². The average molecular weight is 281 g/mol. The number of aromatic nitrogens is 5. The maximum absolute atomic E-state index is 4.62. The Morgan fingerprint density at radius 2 is 2.10 bits per heavy atom. The van der Waals surface area contributed by atoms with Gasteiger partial charge in [-0.15, -0.1) is 11.3 Å². The van der Waals surface area contributed by atoms with Crippen LogP contribution in [0.4, 0.5) is 0 Å². The summed E-state index contributed by atoms with van der Waals surface area (Å²) < 4.78 is 2.95. The van der Waals surface area contributed by atoms with Crippen molar-refractivity contribution in [3.8, 4) is 5.82 Å². The molecule has 98 valence electrons. The Hall–Kier alpha value is -2.34. The molecule has 4 aromatic heterocycles. The van der Waals surface area contributed by atoms with Crippen molar-refractivity contribution in [2.45, 2.75) is 13.8 Å². The molecule has 0 aliphatic carbocycles. The summed E-state index contributed by atoms with van der Waals surface area (Å²) in [5.41, 5.74) is 3.20. The van der Waals surface area contributed by atoms with E-state index >= 15 is 0 Å². The molecule has 0 atom stereocenters. The third kappa shape index (κ3) is 1.55. The van der Waals surface area contributed by atoms with Crippen molar-refractivity contribution in [1.82, 2.24) is 24.5 Å². The molecule has 20 heavy (non-hydrogen) atoms. The normalized spacial score (nSPS) is 11.5. The van der Waals surface area contributed by atoms with Crippen molar-refractivity contribution in [2.24, 2.45) is 0 Å². The van der Waals surface area contributed by atoms with Crippen LogP contribution in [-0.4, -0.2) is 24.5 Å². The van der Waals surface area contributed by atoms with Crippen molar-refractivity contribution in [3.63, 3.8) is 0 Å². The van der Waals surface area contributed by atoms with Crippen molar-refractivity contribution in [1.29, 1.82) is 0 Å². The van der Waals surface area contributed by atoms with Crippen molar-refractivity contribution in [2.75, 3.05) is 0 Å². The molecular weight excluding hydrogens is 270 g/mol. The Morgan fingerprint density at radius 3 is 2.90 bits per heavy atom. The van der Waals surface area contributed by atoms with Crippen LogP contribution in [0.15, 0.2) is 31.1 Å². The lowest BCUT2D eigenvalue weighted by Gasteiger charge is -2.01. The molecular formula is C14H11N5S. The quantitative estimate of drug-likeness (QED) is 0.538. The van der Waals surface area contributed by atoms with Gasteiger partial charge in [-0.2, -0.15) is 0 Å². The van der Waals surface area contributed by atoms with E-state index in [1.54, 1.807) is 30.2 Å². The number of imidazole rings is 1. The summed E-state index contributed by atoms with van der Waals surface area (Å²) in [7, 11) is 0. The van der Waals surface area contributed by atoms with Gasteiger partial charge in [0.1, 0.15) is 17.5 Å². The molecule has 0 unspecified atom stereocenters. The van der Waals surface area contributed by atoms with Crippen molar-refractivity contribution in [3.05, 3.63) is 42.4 Å². The highest BCUT2D eigenvalue weighted by molar-refractivity contribution is 7.25. The van der Waals surface area contributed by atoms with E-state index in [9.17, 15) is 0 Å². The van der Waals surface area contributed by atoms with E-state index < -0.39 is 0 Å². The van der Waals surface area contributed by atoms with Crippen LogP contribution in [0.3, 0.4) is 0 Å². The lowest BCUT2D eigenvalue weighted by atomic mass is 10.1. The minimum atomic E-state index is 0.854. The first-order chi connectivity index (χ1) is 9.74. The minimum absolute atomic E-state index is 0.854. The smallest absolute Gasteiger partial charge is 0.159 e. The number of pyridine rings is 1. The number of fused-ring (bicyclic) bond motifs is 3. The van der Waals surface area contributed by atoms with E-state index in [-0.39, 0.29) is 0 Å². The molecule has 0 saturated heterocycles. The zero-order valence-electron chi connectivity index (χ0n) is 11.0. The van der Waals surface area contributed by atoms with E-state index in [0.717, 1.165) is 31.9 Å². The van der Waals surface area contributed by atoms with E-state index in [1.807, 2.05) is 17.7 Å². The van der Waals surface area contributed by atoms with Gasteiger partial charge in [0.05, 0.1) is 10.2 Å². The molecule has 4 rings (SSSR count). The highest BCUT2D eigenvalue weighted by Crippen LogP contribution is 2.35. The third-order valence-corrected chi connectivity index (χ3v) is 4.35. The van der Waals surface area contributed by atoms with Gasteiger partial charge in [-0.25, -0.2) is 19.9 Å². The fraction of sp³-hybridized carbons (Fsp3) is 0.143. The van der Waals surface area contributed by atoms with Gasteiger partial charge in [-0.05, 0) is 25.5 Å². The number of hydrogen-bond donors (Lipinski definition) is 0. The molecule has 0 saturated carbocycles. The number of thiophene rings is 1. The molecule has 0 fully saturated rings. The van der Waals surface area contributed by atoms with Gasteiger partial charge < -0.3 is 0 Å². The van der Waals surface area contributed by atoms with Crippen LogP contribution in [0.1, 0.15) is 11.3 Å². The second-order valence-electron chi connectivity index (χ2n) is 4.71. The number of rotatable bonds is 1. The Bertz CT molecular complexity index is 924. The summed E-state index contributed by atoms with van der Waals surface area (Å²) in [4.78, 5) is 18.6. The first-order valence-electron chi connectivity index (χ1n) is 6.24. The fourth-order valence-corrected chi connectivity index (χ4v) is 3.71. The summed E-state index contributed by atoms with van der Waals surface area (Å²) in [5, 5.41) is 1.12. The fourth-order valence-electron chi connectivity index (χ4n) is 2.47. The molecule has 0 spiro atoms.